The molecule has 3 rings (SSSR count). The van der Waals surface area contributed by atoms with E-state index in [2.05, 4.69) is 15.2 Å². The Labute approximate surface area is 125 Å². The highest BCUT2D eigenvalue weighted by Gasteiger charge is 2.13. The molecular formula is C16H22N4O. The molecule has 2 aromatic rings. The molecule has 1 aliphatic heterocycles. The number of hydrogen-bond acceptors (Lipinski definition) is 3. The van der Waals surface area contributed by atoms with Crippen molar-refractivity contribution in [2.45, 2.75) is 26.2 Å². The summed E-state index contributed by atoms with van der Waals surface area (Å²) in [6.07, 6.45) is 7.60. The first kappa shape index (κ1) is 14.1. The zero-order valence-corrected chi connectivity index (χ0v) is 12.5. The fourth-order valence-corrected chi connectivity index (χ4v) is 2.86. The van der Waals surface area contributed by atoms with Crippen molar-refractivity contribution >= 4 is 11.6 Å². The Morgan fingerprint density at radius 3 is 2.90 bits per heavy atom. The molecular weight excluding hydrogens is 264 g/mol. The zero-order valence-electron chi connectivity index (χ0n) is 12.5. The van der Waals surface area contributed by atoms with Crippen LogP contribution in [0.2, 0.25) is 0 Å². The van der Waals surface area contributed by atoms with Gasteiger partial charge in [-0.25, -0.2) is 4.98 Å². The fraction of sp³-hybridized carbons (Fsp3) is 0.500. The number of aryl methyl sites for hydroxylation is 1. The van der Waals surface area contributed by atoms with Crippen LogP contribution in [0.3, 0.4) is 0 Å². The smallest absolute Gasteiger partial charge is 0.271 e. The molecule has 1 fully saturated rings. The van der Waals surface area contributed by atoms with Crippen LogP contribution in [0, 0.1) is 6.92 Å². The number of rotatable bonds is 4. The molecule has 0 unspecified atom stereocenters. The van der Waals surface area contributed by atoms with Gasteiger partial charge in [0.15, 0.2) is 0 Å². The Kier molecular flexibility index (Phi) is 4.20. The first-order valence-electron chi connectivity index (χ1n) is 7.69. The molecule has 0 aliphatic carbocycles. The second-order valence-corrected chi connectivity index (χ2v) is 5.71. The summed E-state index contributed by atoms with van der Waals surface area (Å²) in [5, 5.41) is 2.97. The molecule has 2 aromatic heterocycles. The summed E-state index contributed by atoms with van der Waals surface area (Å²) < 4.78 is 1.90. The van der Waals surface area contributed by atoms with Gasteiger partial charge in [0.25, 0.3) is 5.91 Å². The number of pyridine rings is 1. The number of carbonyl (C=O) groups is 1. The number of fused-ring (bicyclic) bond motifs is 1. The van der Waals surface area contributed by atoms with Crippen LogP contribution in [0.5, 0.6) is 0 Å². The van der Waals surface area contributed by atoms with Crippen molar-refractivity contribution in [1.82, 2.24) is 19.6 Å². The molecule has 0 atom stereocenters. The lowest BCUT2D eigenvalue weighted by atomic mass is 10.1. The lowest BCUT2D eigenvalue weighted by Gasteiger charge is -2.26. The number of hydrogen-bond donors (Lipinski definition) is 1. The Bertz CT molecular complexity index is 628. The van der Waals surface area contributed by atoms with E-state index in [-0.39, 0.29) is 5.91 Å². The van der Waals surface area contributed by atoms with Gasteiger partial charge in [0.1, 0.15) is 11.3 Å². The quantitative estimate of drug-likeness (QED) is 0.933. The van der Waals surface area contributed by atoms with Crippen molar-refractivity contribution in [2.24, 2.45) is 0 Å². The molecule has 5 nitrogen and oxygen atoms in total. The predicted molar refractivity (Wildman–Crippen MR) is 82.6 cm³/mol. The predicted octanol–water partition coefficient (Wildman–Crippen LogP) is 1.86. The van der Waals surface area contributed by atoms with Gasteiger partial charge in [0.2, 0.25) is 0 Å². The number of amides is 1. The van der Waals surface area contributed by atoms with Crippen molar-refractivity contribution in [3.63, 3.8) is 0 Å². The lowest BCUT2D eigenvalue weighted by Crippen LogP contribution is -2.37. The molecule has 0 aromatic carbocycles. The lowest BCUT2D eigenvalue weighted by molar-refractivity contribution is 0.0942. The Morgan fingerprint density at radius 2 is 2.14 bits per heavy atom. The van der Waals surface area contributed by atoms with Crippen LogP contribution >= 0.6 is 0 Å². The minimum atomic E-state index is -0.0879. The molecule has 0 radical (unpaired) electrons. The highest BCUT2D eigenvalue weighted by atomic mass is 16.1. The topological polar surface area (TPSA) is 49.6 Å². The highest BCUT2D eigenvalue weighted by Crippen LogP contribution is 2.10. The number of aromatic nitrogens is 2. The van der Waals surface area contributed by atoms with E-state index in [1.54, 1.807) is 6.20 Å². The minimum absolute atomic E-state index is 0.0879. The number of nitrogens with zero attached hydrogens (tertiary/aromatic N) is 3. The van der Waals surface area contributed by atoms with Gasteiger partial charge in [-0.2, -0.15) is 0 Å². The summed E-state index contributed by atoms with van der Waals surface area (Å²) in [6, 6.07) is 3.96. The van der Waals surface area contributed by atoms with Gasteiger partial charge in [-0.1, -0.05) is 12.5 Å². The summed E-state index contributed by atoms with van der Waals surface area (Å²) in [5.41, 5.74) is 2.41. The third kappa shape index (κ3) is 3.24. The third-order valence-corrected chi connectivity index (χ3v) is 4.07. The molecule has 21 heavy (non-hydrogen) atoms. The second-order valence-electron chi connectivity index (χ2n) is 5.71. The zero-order chi connectivity index (χ0) is 14.7. The molecule has 1 N–H and O–H groups in total. The summed E-state index contributed by atoms with van der Waals surface area (Å²) in [7, 11) is 0. The maximum Gasteiger partial charge on any atom is 0.271 e. The SMILES string of the molecule is Cc1cccn2cc(C(=O)NCCN3CCCCC3)nc12. The summed E-state index contributed by atoms with van der Waals surface area (Å²) in [5.74, 6) is -0.0879. The molecule has 1 saturated heterocycles. The van der Waals surface area contributed by atoms with Gasteiger partial charge in [-0.15, -0.1) is 0 Å². The van der Waals surface area contributed by atoms with Crippen LogP contribution in [0.15, 0.2) is 24.5 Å². The molecule has 0 saturated carbocycles. The van der Waals surface area contributed by atoms with Crippen LogP contribution in [0.4, 0.5) is 0 Å². The van der Waals surface area contributed by atoms with Gasteiger partial charge in [-0.3, -0.25) is 4.79 Å². The molecule has 1 amide bonds. The average molecular weight is 286 g/mol. The van der Waals surface area contributed by atoms with Gasteiger partial charge in [-0.05, 0) is 44.5 Å². The number of piperidine rings is 1. The van der Waals surface area contributed by atoms with E-state index in [1.807, 2.05) is 29.7 Å². The van der Waals surface area contributed by atoms with Crippen molar-refractivity contribution in [1.29, 1.82) is 0 Å². The van der Waals surface area contributed by atoms with Crippen molar-refractivity contribution in [3.8, 4) is 0 Å². The molecule has 0 bridgehead atoms. The van der Waals surface area contributed by atoms with Gasteiger partial charge in [0, 0.05) is 25.5 Å². The first-order valence-corrected chi connectivity index (χ1v) is 7.69. The van der Waals surface area contributed by atoms with Crippen LogP contribution < -0.4 is 5.32 Å². The third-order valence-electron chi connectivity index (χ3n) is 4.07. The largest absolute Gasteiger partial charge is 0.349 e. The highest BCUT2D eigenvalue weighted by molar-refractivity contribution is 5.92. The van der Waals surface area contributed by atoms with Crippen LogP contribution in [0.25, 0.3) is 5.65 Å². The maximum atomic E-state index is 12.2. The first-order chi connectivity index (χ1) is 10.2. The number of nitrogens with one attached hydrogen (secondary N) is 1. The monoisotopic (exact) mass is 286 g/mol. The van der Waals surface area contributed by atoms with E-state index >= 15 is 0 Å². The minimum Gasteiger partial charge on any atom is -0.349 e. The summed E-state index contributed by atoms with van der Waals surface area (Å²) in [4.78, 5) is 19.0. The van der Waals surface area contributed by atoms with E-state index in [0.29, 0.717) is 12.2 Å². The van der Waals surface area contributed by atoms with Crippen molar-refractivity contribution < 1.29 is 4.79 Å². The summed E-state index contributed by atoms with van der Waals surface area (Å²) >= 11 is 0. The van der Waals surface area contributed by atoms with Crippen molar-refractivity contribution in [2.75, 3.05) is 26.2 Å². The Hall–Kier alpha value is -1.88. The average Bonchev–Trinajstić information content (AvgIpc) is 2.94. The summed E-state index contributed by atoms with van der Waals surface area (Å²) in [6.45, 7) is 5.93. The van der Waals surface area contributed by atoms with Crippen molar-refractivity contribution in [3.05, 3.63) is 35.8 Å². The van der Waals surface area contributed by atoms with Gasteiger partial charge >= 0.3 is 0 Å². The van der Waals surface area contributed by atoms with Crippen LogP contribution in [0.1, 0.15) is 35.3 Å². The maximum absolute atomic E-state index is 12.2. The molecule has 0 spiro atoms. The number of likely N-dealkylation sites (tertiary alicyclic amines) is 1. The molecule has 5 heteroatoms. The van der Waals surface area contributed by atoms with E-state index in [1.165, 1.54) is 19.3 Å². The van der Waals surface area contributed by atoms with E-state index in [4.69, 9.17) is 0 Å². The molecule has 112 valence electrons. The number of imidazole rings is 1. The van der Waals surface area contributed by atoms with E-state index in [9.17, 15) is 4.79 Å². The van der Waals surface area contributed by atoms with Crippen LogP contribution in [-0.2, 0) is 0 Å². The standard InChI is InChI=1S/C16H22N4O/c1-13-6-5-10-20-12-14(18-15(13)20)16(21)17-7-11-19-8-3-2-4-9-19/h5-6,10,12H,2-4,7-9,11H2,1H3,(H,17,21). The van der Waals surface area contributed by atoms with Gasteiger partial charge in [0.05, 0.1) is 0 Å². The Morgan fingerprint density at radius 1 is 1.33 bits per heavy atom. The van der Waals surface area contributed by atoms with E-state index < -0.39 is 0 Å². The number of carbonyl (C=O) groups excluding carboxylic acids is 1. The fourth-order valence-electron chi connectivity index (χ4n) is 2.86. The molecule has 3 heterocycles. The van der Waals surface area contributed by atoms with E-state index in [0.717, 1.165) is 30.8 Å². The van der Waals surface area contributed by atoms with Gasteiger partial charge < -0.3 is 14.6 Å². The second kappa shape index (κ2) is 6.26. The normalized spacial score (nSPS) is 16.2. The molecule has 1 aliphatic rings. The Balaban J connectivity index is 1.57. The van der Waals surface area contributed by atoms with Crippen LogP contribution in [-0.4, -0.2) is 46.4 Å².